The summed E-state index contributed by atoms with van der Waals surface area (Å²) in [5, 5.41) is 9.52. The molecular formula is C16H15NO2. The number of ketones is 1. The van der Waals surface area contributed by atoms with Crippen LogP contribution in [0.5, 0.6) is 5.75 Å². The predicted molar refractivity (Wildman–Crippen MR) is 72.2 cm³/mol. The lowest BCUT2D eigenvalue weighted by atomic mass is 9.80. The second-order valence-corrected chi connectivity index (χ2v) is 5.00. The molecule has 0 radical (unpaired) electrons. The van der Waals surface area contributed by atoms with Gasteiger partial charge in [0, 0.05) is 23.9 Å². The van der Waals surface area contributed by atoms with E-state index in [9.17, 15) is 9.90 Å². The topological polar surface area (TPSA) is 50.2 Å². The Hall–Kier alpha value is -2.16. The summed E-state index contributed by atoms with van der Waals surface area (Å²) in [6.07, 6.45) is 6.03. The van der Waals surface area contributed by atoms with Crippen molar-refractivity contribution in [1.82, 2.24) is 4.98 Å². The number of aromatic nitrogens is 1. The molecule has 3 nitrogen and oxygen atoms in total. The highest BCUT2D eigenvalue weighted by Crippen LogP contribution is 2.30. The molecule has 1 aliphatic carbocycles. The maximum Gasteiger partial charge on any atom is 0.166 e. The second-order valence-electron chi connectivity index (χ2n) is 5.00. The quantitative estimate of drug-likeness (QED) is 0.895. The van der Waals surface area contributed by atoms with Crippen LogP contribution in [0, 0.1) is 5.92 Å². The number of phenolic OH excluding ortho intramolecular Hbond substituents is 1. The van der Waals surface area contributed by atoms with Gasteiger partial charge in [0.25, 0.3) is 0 Å². The number of rotatable bonds is 2. The molecule has 0 saturated heterocycles. The Morgan fingerprint density at radius 2 is 2.00 bits per heavy atom. The number of pyridine rings is 1. The van der Waals surface area contributed by atoms with Gasteiger partial charge in [0.1, 0.15) is 5.75 Å². The van der Waals surface area contributed by atoms with E-state index in [0.29, 0.717) is 5.56 Å². The molecule has 0 saturated carbocycles. The van der Waals surface area contributed by atoms with Crippen LogP contribution in [0.4, 0.5) is 0 Å². The molecule has 3 rings (SSSR count). The molecule has 3 heteroatoms. The van der Waals surface area contributed by atoms with E-state index < -0.39 is 0 Å². The van der Waals surface area contributed by atoms with Gasteiger partial charge in [-0.1, -0.05) is 6.07 Å². The van der Waals surface area contributed by atoms with Gasteiger partial charge in [0.15, 0.2) is 5.78 Å². The number of hydrogen-bond acceptors (Lipinski definition) is 3. The molecule has 0 fully saturated rings. The third-order valence-electron chi connectivity index (χ3n) is 3.72. The van der Waals surface area contributed by atoms with Gasteiger partial charge in [0.05, 0.1) is 0 Å². The lowest BCUT2D eigenvalue weighted by molar-refractivity contribution is 0.0901. The van der Waals surface area contributed by atoms with Crippen molar-refractivity contribution in [2.24, 2.45) is 5.92 Å². The average molecular weight is 253 g/mol. The van der Waals surface area contributed by atoms with Crippen molar-refractivity contribution < 1.29 is 9.90 Å². The summed E-state index contributed by atoms with van der Waals surface area (Å²) in [5.74, 6) is 0.322. The zero-order valence-electron chi connectivity index (χ0n) is 10.5. The molecule has 96 valence electrons. The maximum absolute atomic E-state index is 12.4. The molecule has 1 heterocycles. The lowest BCUT2D eigenvalue weighted by Crippen LogP contribution is -2.24. The van der Waals surface area contributed by atoms with Crippen LogP contribution in [0.25, 0.3) is 0 Å². The van der Waals surface area contributed by atoms with E-state index in [1.54, 1.807) is 24.5 Å². The highest BCUT2D eigenvalue weighted by molar-refractivity contribution is 6.00. The van der Waals surface area contributed by atoms with Gasteiger partial charge >= 0.3 is 0 Å². The Balaban J connectivity index is 1.85. The van der Waals surface area contributed by atoms with Crippen LogP contribution < -0.4 is 0 Å². The molecule has 1 N–H and O–H groups in total. The zero-order chi connectivity index (χ0) is 13.2. The van der Waals surface area contributed by atoms with Crippen LogP contribution in [-0.2, 0) is 12.8 Å². The van der Waals surface area contributed by atoms with E-state index in [1.165, 1.54) is 0 Å². The number of Topliss-reactive ketones (excluding diaryl/α,β-unsaturated/α-hetero) is 1. The van der Waals surface area contributed by atoms with Crippen molar-refractivity contribution in [1.29, 1.82) is 0 Å². The normalized spacial score (nSPS) is 18.1. The Kier molecular flexibility index (Phi) is 3.03. The third-order valence-corrected chi connectivity index (χ3v) is 3.72. The molecule has 0 bridgehead atoms. The van der Waals surface area contributed by atoms with E-state index in [2.05, 4.69) is 4.98 Å². The fraction of sp³-hybridized carbons (Fsp3) is 0.250. The first-order chi connectivity index (χ1) is 9.24. The van der Waals surface area contributed by atoms with Crippen molar-refractivity contribution in [2.45, 2.75) is 19.3 Å². The maximum atomic E-state index is 12.4. The van der Waals surface area contributed by atoms with Gasteiger partial charge in [-0.15, -0.1) is 0 Å². The monoisotopic (exact) mass is 253 g/mol. The van der Waals surface area contributed by atoms with Crippen LogP contribution in [0.1, 0.15) is 27.9 Å². The van der Waals surface area contributed by atoms with Crippen LogP contribution >= 0.6 is 0 Å². The van der Waals surface area contributed by atoms with Crippen molar-refractivity contribution in [3.05, 3.63) is 59.4 Å². The summed E-state index contributed by atoms with van der Waals surface area (Å²) in [6, 6.07) is 8.99. The first-order valence-electron chi connectivity index (χ1n) is 6.49. The zero-order valence-corrected chi connectivity index (χ0v) is 10.5. The number of aryl methyl sites for hydroxylation is 1. The summed E-state index contributed by atoms with van der Waals surface area (Å²) < 4.78 is 0. The average Bonchev–Trinajstić information content (AvgIpc) is 2.44. The van der Waals surface area contributed by atoms with E-state index in [1.807, 2.05) is 18.2 Å². The molecule has 1 aliphatic rings. The Morgan fingerprint density at radius 3 is 2.79 bits per heavy atom. The van der Waals surface area contributed by atoms with Crippen LogP contribution in [0.2, 0.25) is 0 Å². The number of fused-ring (bicyclic) bond motifs is 1. The molecule has 0 amide bonds. The van der Waals surface area contributed by atoms with E-state index >= 15 is 0 Å². The number of benzene rings is 1. The molecule has 2 aromatic rings. The number of phenols is 1. The minimum absolute atomic E-state index is 0.0108. The van der Waals surface area contributed by atoms with Crippen LogP contribution in [-0.4, -0.2) is 15.9 Å². The van der Waals surface area contributed by atoms with Gasteiger partial charge in [0.2, 0.25) is 0 Å². The SMILES string of the molecule is O=C1c2cc(O)ccc2CC[C@H]1Cc1ccncc1. The minimum Gasteiger partial charge on any atom is -0.508 e. The molecule has 1 atom stereocenters. The van der Waals surface area contributed by atoms with Gasteiger partial charge in [-0.2, -0.15) is 0 Å². The van der Waals surface area contributed by atoms with Gasteiger partial charge in [-0.25, -0.2) is 0 Å². The Morgan fingerprint density at radius 1 is 1.21 bits per heavy atom. The predicted octanol–water partition coefficient (Wildman–Crippen LogP) is 2.78. The molecular weight excluding hydrogens is 238 g/mol. The fourth-order valence-electron chi connectivity index (χ4n) is 2.69. The molecule has 1 aromatic carbocycles. The first kappa shape index (κ1) is 11.9. The van der Waals surface area contributed by atoms with E-state index in [0.717, 1.165) is 30.4 Å². The highest BCUT2D eigenvalue weighted by atomic mass is 16.3. The van der Waals surface area contributed by atoms with Gasteiger partial charge in [-0.3, -0.25) is 9.78 Å². The summed E-state index contributed by atoms with van der Waals surface area (Å²) in [6.45, 7) is 0. The Bertz CT molecular complexity index is 607. The molecule has 0 spiro atoms. The van der Waals surface area contributed by atoms with E-state index in [4.69, 9.17) is 0 Å². The standard InChI is InChI=1S/C16H15NO2/c18-14-4-3-12-1-2-13(16(19)15(12)10-14)9-11-5-7-17-8-6-11/h3-8,10,13,18H,1-2,9H2/t13-/m0/s1. The van der Waals surface area contributed by atoms with Crippen molar-refractivity contribution in [2.75, 3.05) is 0 Å². The molecule has 0 unspecified atom stereocenters. The fourth-order valence-corrected chi connectivity index (χ4v) is 2.69. The highest BCUT2D eigenvalue weighted by Gasteiger charge is 2.27. The van der Waals surface area contributed by atoms with Gasteiger partial charge < -0.3 is 5.11 Å². The number of aromatic hydroxyl groups is 1. The van der Waals surface area contributed by atoms with Crippen LogP contribution in [0.15, 0.2) is 42.7 Å². The smallest absolute Gasteiger partial charge is 0.166 e. The van der Waals surface area contributed by atoms with E-state index in [-0.39, 0.29) is 17.5 Å². The van der Waals surface area contributed by atoms with Gasteiger partial charge in [-0.05, 0) is 54.7 Å². The molecule has 0 aliphatic heterocycles. The first-order valence-corrected chi connectivity index (χ1v) is 6.49. The van der Waals surface area contributed by atoms with Crippen molar-refractivity contribution in [3.8, 4) is 5.75 Å². The number of carbonyl (C=O) groups is 1. The molecule has 19 heavy (non-hydrogen) atoms. The largest absolute Gasteiger partial charge is 0.508 e. The summed E-state index contributed by atoms with van der Waals surface area (Å²) >= 11 is 0. The Labute approximate surface area is 111 Å². The van der Waals surface area contributed by atoms with Crippen LogP contribution in [0.3, 0.4) is 0 Å². The third kappa shape index (κ3) is 2.36. The summed E-state index contributed by atoms with van der Waals surface area (Å²) in [4.78, 5) is 16.4. The minimum atomic E-state index is 0.0108. The number of hydrogen-bond donors (Lipinski definition) is 1. The lowest BCUT2D eigenvalue weighted by Gasteiger charge is -2.23. The second kappa shape index (κ2) is 4.84. The summed E-state index contributed by atoms with van der Waals surface area (Å²) in [5.41, 5.74) is 2.87. The number of nitrogens with zero attached hydrogens (tertiary/aromatic N) is 1. The van der Waals surface area contributed by atoms with Crippen molar-refractivity contribution in [3.63, 3.8) is 0 Å². The molecule has 1 aromatic heterocycles. The summed E-state index contributed by atoms with van der Waals surface area (Å²) in [7, 11) is 0. The number of carbonyl (C=O) groups excluding carboxylic acids is 1. The van der Waals surface area contributed by atoms with Crippen molar-refractivity contribution >= 4 is 5.78 Å².